The van der Waals surface area contributed by atoms with Gasteiger partial charge in [0.25, 0.3) is 5.91 Å². The molecule has 0 saturated carbocycles. The second-order valence-electron chi connectivity index (χ2n) is 7.63. The van der Waals surface area contributed by atoms with Crippen LogP contribution >= 0.6 is 0 Å². The number of aliphatic carboxylic acids is 1. The minimum absolute atomic E-state index is 0.0226. The molecule has 0 saturated heterocycles. The molecule has 0 heterocycles. The van der Waals surface area contributed by atoms with E-state index >= 15 is 0 Å². The van der Waals surface area contributed by atoms with Gasteiger partial charge in [-0.3, -0.25) is 14.4 Å². The fraction of sp³-hybridized carbons (Fsp3) is 0.348. The lowest BCUT2D eigenvalue weighted by molar-refractivity contribution is -0.137. The largest absolute Gasteiger partial charge is 0.481 e. The summed E-state index contributed by atoms with van der Waals surface area (Å²) >= 11 is 0. The van der Waals surface area contributed by atoms with Gasteiger partial charge in [0.2, 0.25) is 5.91 Å². The molecule has 2 amide bonds. The summed E-state index contributed by atoms with van der Waals surface area (Å²) in [6, 6.07) is 15.9. The molecule has 2 rings (SSSR count). The predicted molar refractivity (Wildman–Crippen MR) is 113 cm³/mol. The molecule has 154 valence electrons. The molecule has 0 spiro atoms. The Labute approximate surface area is 171 Å². The van der Waals surface area contributed by atoms with Gasteiger partial charge in [-0.1, -0.05) is 49.4 Å². The highest BCUT2D eigenvalue weighted by Crippen LogP contribution is 2.19. The number of carboxylic acid groups (broad SMARTS) is 1. The van der Waals surface area contributed by atoms with Gasteiger partial charge in [-0.2, -0.15) is 0 Å². The fourth-order valence-electron chi connectivity index (χ4n) is 2.73. The van der Waals surface area contributed by atoms with Gasteiger partial charge in [0.05, 0.1) is 0 Å². The van der Waals surface area contributed by atoms with Crippen molar-refractivity contribution in [1.82, 2.24) is 10.6 Å². The molecule has 29 heavy (non-hydrogen) atoms. The van der Waals surface area contributed by atoms with Crippen molar-refractivity contribution in [3.8, 4) is 11.1 Å². The molecule has 0 aliphatic carbocycles. The number of hydrogen-bond acceptors (Lipinski definition) is 3. The Hall–Kier alpha value is -3.15. The normalized spacial score (nSPS) is 12.1. The van der Waals surface area contributed by atoms with Gasteiger partial charge in [-0.25, -0.2) is 0 Å². The highest BCUT2D eigenvalue weighted by Gasteiger charge is 2.26. The Balaban J connectivity index is 2.11. The van der Waals surface area contributed by atoms with Crippen LogP contribution in [0.1, 0.15) is 50.4 Å². The smallest absolute Gasteiger partial charge is 0.303 e. The second-order valence-corrected chi connectivity index (χ2v) is 7.63. The molecule has 0 aliphatic heterocycles. The van der Waals surface area contributed by atoms with Gasteiger partial charge in [0.1, 0.15) is 6.04 Å². The third kappa shape index (κ3) is 6.75. The molecule has 6 nitrogen and oxygen atoms in total. The quantitative estimate of drug-likeness (QED) is 0.603. The van der Waals surface area contributed by atoms with Crippen molar-refractivity contribution < 1.29 is 19.5 Å². The average Bonchev–Trinajstić information content (AvgIpc) is 2.71. The van der Waals surface area contributed by atoms with Crippen LogP contribution in [0.4, 0.5) is 0 Å². The van der Waals surface area contributed by atoms with Crippen LogP contribution in [0.15, 0.2) is 54.6 Å². The predicted octanol–water partition coefficient (Wildman–Crippen LogP) is 3.62. The van der Waals surface area contributed by atoms with Crippen LogP contribution in [0.25, 0.3) is 11.1 Å². The zero-order valence-electron chi connectivity index (χ0n) is 17.1. The lowest BCUT2D eigenvalue weighted by Crippen LogP contribution is -2.53. The lowest BCUT2D eigenvalue weighted by Gasteiger charge is -2.28. The summed E-state index contributed by atoms with van der Waals surface area (Å²) in [6.45, 7) is 5.70. The molecule has 0 fully saturated rings. The number of amides is 2. The van der Waals surface area contributed by atoms with Crippen molar-refractivity contribution in [1.29, 1.82) is 0 Å². The van der Waals surface area contributed by atoms with Crippen LogP contribution in [0.3, 0.4) is 0 Å². The van der Waals surface area contributed by atoms with E-state index in [0.717, 1.165) is 11.1 Å². The lowest BCUT2D eigenvalue weighted by atomic mass is 10.00. The Bertz CT molecular complexity index is 845. The van der Waals surface area contributed by atoms with Crippen LogP contribution < -0.4 is 10.6 Å². The minimum Gasteiger partial charge on any atom is -0.481 e. The molecule has 0 unspecified atom stereocenters. The number of hydrogen-bond donors (Lipinski definition) is 3. The van der Waals surface area contributed by atoms with E-state index in [1.807, 2.05) is 63.2 Å². The van der Waals surface area contributed by atoms with Crippen molar-refractivity contribution in [3.63, 3.8) is 0 Å². The van der Waals surface area contributed by atoms with E-state index in [-0.39, 0.29) is 18.7 Å². The number of carbonyl (C=O) groups is 3. The summed E-state index contributed by atoms with van der Waals surface area (Å²) in [7, 11) is 0. The topological polar surface area (TPSA) is 95.5 Å². The molecule has 2 aromatic rings. The van der Waals surface area contributed by atoms with E-state index < -0.39 is 23.5 Å². The van der Waals surface area contributed by atoms with Crippen molar-refractivity contribution in [3.05, 3.63) is 60.2 Å². The molecule has 0 aromatic heterocycles. The van der Waals surface area contributed by atoms with Crippen molar-refractivity contribution >= 4 is 17.8 Å². The molecule has 3 N–H and O–H groups in total. The molecule has 0 aliphatic rings. The first-order valence-corrected chi connectivity index (χ1v) is 9.72. The zero-order chi connectivity index (χ0) is 21.4. The first-order chi connectivity index (χ1) is 13.7. The molecule has 0 radical (unpaired) electrons. The monoisotopic (exact) mass is 396 g/mol. The van der Waals surface area contributed by atoms with Gasteiger partial charge < -0.3 is 15.7 Å². The van der Waals surface area contributed by atoms with Gasteiger partial charge in [-0.05, 0) is 49.9 Å². The van der Waals surface area contributed by atoms with Gasteiger partial charge in [0, 0.05) is 17.5 Å². The average molecular weight is 396 g/mol. The van der Waals surface area contributed by atoms with E-state index in [2.05, 4.69) is 10.6 Å². The summed E-state index contributed by atoms with van der Waals surface area (Å²) in [6.07, 6.45) is 0.520. The van der Waals surface area contributed by atoms with Crippen LogP contribution in [0, 0.1) is 0 Å². The number of carboxylic acids is 1. The number of carbonyl (C=O) groups excluding carboxylic acids is 2. The Kier molecular flexibility index (Phi) is 7.53. The molecule has 0 bridgehead atoms. The molecule has 6 heteroatoms. The van der Waals surface area contributed by atoms with E-state index in [1.54, 1.807) is 12.1 Å². The highest BCUT2D eigenvalue weighted by atomic mass is 16.4. The molecule has 2 aromatic carbocycles. The first-order valence-electron chi connectivity index (χ1n) is 9.72. The van der Waals surface area contributed by atoms with Crippen molar-refractivity contribution in [2.45, 2.75) is 51.6 Å². The van der Waals surface area contributed by atoms with Crippen LogP contribution in [0.5, 0.6) is 0 Å². The van der Waals surface area contributed by atoms with Gasteiger partial charge in [0.15, 0.2) is 0 Å². The molecular weight excluding hydrogens is 368 g/mol. The number of rotatable bonds is 9. The maximum atomic E-state index is 12.6. The van der Waals surface area contributed by atoms with Crippen LogP contribution in [0.2, 0.25) is 0 Å². The molecule has 1 atom stereocenters. The number of benzene rings is 2. The maximum absolute atomic E-state index is 12.6. The van der Waals surface area contributed by atoms with Gasteiger partial charge in [-0.15, -0.1) is 0 Å². The number of nitrogens with one attached hydrogen (secondary N) is 2. The summed E-state index contributed by atoms with van der Waals surface area (Å²) in [5.41, 5.74) is 1.99. The van der Waals surface area contributed by atoms with Crippen molar-refractivity contribution in [2.75, 3.05) is 0 Å². The van der Waals surface area contributed by atoms with Crippen molar-refractivity contribution in [2.24, 2.45) is 0 Å². The van der Waals surface area contributed by atoms with Gasteiger partial charge >= 0.3 is 5.97 Å². The third-order valence-electron chi connectivity index (χ3n) is 4.87. The minimum atomic E-state index is -1.01. The highest BCUT2D eigenvalue weighted by molar-refractivity contribution is 5.98. The zero-order valence-corrected chi connectivity index (χ0v) is 17.1. The second kappa shape index (κ2) is 9.87. The SMILES string of the molecule is CCC(C)(C)NC(=O)[C@H](CCC(=O)O)NC(=O)c1ccc(-c2ccccc2)cc1. The van der Waals surface area contributed by atoms with Crippen LogP contribution in [-0.4, -0.2) is 34.5 Å². The summed E-state index contributed by atoms with van der Waals surface area (Å²) in [5.74, 6) is -1.81. The Morgan fingerprint density at radius 3 is 2.10 bits per heavy atom. The Morgan fingerprint density at radius 2 is 1.55 bits per heavy atom. The van der Waals surface area contributed by atoms with E-state index in [0.29, 0.717) is 12.0 Å². The summed E-state index contributed by atoms with van der Waals surface area (Å²) in [4.78, 5) is 36.2. The standard InChI is InChI=1S/C23H28N2O4/c1-4-23(2,3)25-22(29)19(14-15-20(26)27)24-21(28)18-12-10-17(11-13-18)16-8-6-5-7-9-16/h5-13,19H,4,14-15H2,1-3H3,(H,24,28)(H,25,29)(H,26,27)/t19-/m0/s1. The summed E-state index contributed by atoms with van der Waals surface area (Å²) in [5, 5.41) is 14.5. The van der Waals surface area contributed by atoms with Crippen LogP contribution in [-0.2, 0) is 9.59 Å². The van der Waals surface area contributed by atoms with E-state index in [4.69, 9.17) is 5.11 Å². The fourth-order valence-corrected chi connectivity index (χ4v) is 2.73. The summed E-state index contributed by atoms with van der Waals surface area (Å²) < 4.78 is 0. The van der Waals surface area contributed by atoms with E-state index in [9.17, 15) is 14.4 Å². The Morgan fingerprint density at radius 1 is 0.966 bits per heavy atom. The third-order valence-corrected chi connectivity index (χ3v) is 4.87. The maximum Gasteiger partial charge on any atom is 0.303 e. The molecular formula is C23H28N2O4. The first kappa shape index (κ1) is 22.1. The van der Waals surface area contributed by atoms with E-state index in [1.165, 1.54) is 0 Å².